The molecule has 0 saturated heterocycles. The summed E-state index contributed by atoms with van der Waals surface area (Å²) in [6.07, 6.45) is 0.677. The molecular weight excluding hydrogens is 226 g/mol. The first-order valence-corrected chi connectivity index (χ1v) is 6.33. The Labute approximate surface area is 110 Å². The van der Waals surface area contributed by atoms with Crippen LogP contribution in [0.4, 0.5) is 0 Å². The summed E-state index contributed by atoms with van der Waals surface area (Å²) in [4.78, 5) is 0. The quantitative estimate of drug-likeness (QED) is 0.787. The lowest BCUT2D eigenvalue weighted by Gasteiger charge is -2.26. The maximum atomic E-state index is 5.34. The fourth-order valence-electron chi connectivity index (χ4n) is 2.51. The van der Waals surface area contributed by atoms with Gasteiger partial charge in [0.1, 0.15) is 0 Å². The van der Waals surface area contributed by atoms with Gasteiger partial charge in [0.2, 0.25) is 0 Å². The second-order valence-corrected chi connectivity index (χ2v) is 4.82. The van der Waals surface area contributed by atoms with Crippen LogP contribution >= 0.6 is 0 Å². The summed E-state index contributed by atoms with van der Waals surface area (Å²) in [7, 11) is 5.29. The molecule has 0 fully saturated rings. The van der Waals surface area contributed by atoms with Crippen LogP contribution in [0.15, 0.2) is 12.1 Å². The lowest BCUT2D eigenvalue weighted by atomic mass is 9.94. The predicted octanol–water partition coefficient (Wildman–Crippen LogP) is 2.36. The predicted molar refractivity (Wildman–Crippen MR) is 75.0 cm³/mol. The minimum absolute atomic E-state index is 0.153. The molecule has 1 aromatic carbocycles. The molecule has 1 aromatic rings. The fourth-order valence-corrected chi connectivity index (χ4v) is 2.51. The number of benzene rings is 1. The highest BCUT2D eigenvalue weighted by Crippen LogP contribution is 2.19. The SMILES string of the molecule is CNC(Cc1c(C)cc(C)cc1C)C(OC)OC. The highest BCUT2D eigenvalue weighted by molar-refractivity contribution is 5.38. The number of rotatable bonds is 6. The van der Waals surface area contributed by atoms with E-state index in [4.69, 9.17) is 9.47 Å². The molecule has 0 aliphatic carbocycles. The van der Waals surface area contributed by atoms with Crippen molar-refractivity contribution in [3.05, 3.63) is 34.4 Å². The normalized spacial score (nSPS) is 13.1. The molecule has 3 nitrogen and oxygen atoms in total. The first kappa shape index (κ1) is 15.2. The Morgan fingerprint density at radius 3 is 1.94 bits per heavy atom. The average molecular weight is 251 g/mol. The number of hydrogen-bond acceptors (Lipinski definition) is 3. The molecule has 0 saturated carbocycles. The van der Waals surface area contributed by atoms with Gasteiger partial charge in [-0.3, -0.25) is 0 Å². The lowest BCUT2D eigenvalue weighted by molar-refractivity contribution is -0.121. The van der Waals surface area contributed by atoms with Crippen molar-refractivity contribution >= 4 is 0 Å². The summed E-state index contributed by atoms with van der Waals surface area (Å²) in [6, 6.07) is 4.60. The summed E-state index contributed by atoms with van der Waals surface area (Å²) in [5, 5.41) is 3.27. The van der Waals surface area contributed by atoms with Crippen LogP contribution in [0, 0.1) is 20.8 Å². The monoisotopic (exact) mass is 251 g/mol. The molecule has 1 N–H and O–H groups in total. The van der Waals surface area contributed by atoms with E-state index in [1.165, 1.54) is 22.3 Å². The molecule has 0 bridgehead atoms. The van der Waals surface area contributed by atoms with Crippen molar-refractivity contribution in [2.75, 3.05) is 21.3 Å². The number of aryl methyl sites for hydroxylation is 3. The summed E-state index contributed by atoms with van der Waals surface area (Å²) < 4.78 is 10.7. The molecule has 102 valence electrons. The van der Waals surface area contributed by atoms with Gasteiger partial charge in [0, 0.05) is 14.2 Å². The second kappa shape index (κ2) is 6.88. The zero-order chi connectivity index (χ0) is 13.7. The van der Waals surface area contributed by atoms with Gasteiger partial charge >= 0.3 is 0 Å². The summed E-state index contributed by atoms with van der Waals surface area (Å²) >= 11 is 0. The second-order valence-electron chi connectivity index (χ2n) is 4.82. The molecule has 0 aliphatic heterocycles. The molecule has 0 heterocycles. The molecule has 18 heavy (non-hydrogen) atoms. The Morgan fingerprint density at radius 1 is 1.06 bits per heavy atom. The van der Waals surface area contributed by atoms with E-state index in [0.717, 1.165) is 6.42 Å². The number of methoxy groups -OCH3 is 2. The Balaban J connectivity index is 2.94. The van der Waals surface area contributed by atoms with E-state index in [9.17, 15) is 0 Å². The van der Waals surface area contributed by atoms with E-state index >= 15 is 0 Å². The van der Waals surface area contributed by atoms with Crippen LogP contribution in [0.2, 0.25) is 0 Å². The van der Waals surface area contributed by atoms with Crippen LogP contribution in [0.5, 0.6) is 0 Å². The number of ether oxygens (including phenoxy) is 2. The van der Waals surface area contributed by atoms with Crippen molar-refractivity contribution in [2.24, 2.45) is 0 Å². The third-order valence-electron chi connectivity index (χ3n) is 3.43. The number of likely N-dealkylation sites (N-methyl/N-ethyl adjacent to an activating group) is 1. The van der Waals surface area contributed by atoms with Crippen molar-refractivity contribution in [2.45, 2.75) is 39.5 Å². The molecular formula is C15H25NO2. The first-order valence-electron chi connectivity index (χ1n) is 6.33. The van der Waals surface area contributed by atoms with Crippen LogP contribution < -0.4 is 5.32 Å². The Morgan fingerprint density at radius 2 is 1.56 bits per heavy atom. The summed E-state index contributed by atoms with van der Waals surface area (Å²) in [6.45, 7) is 6.46. The zero-order valence-corrected chi connectivity index (χ0v) is 12.3. The Bertz CT molecular complexity index is 363. The molecule has 1 rings (SSSR count). The van der Waals surface area contributed by atoms with Gasteiger partial charge in [0.25, 0.3) is 0 Å². The lowest BCUT2D eigenvalue weighted by Crippen LogP contribution is -2.42. The van der Waals surface area contributed by atoms with Crippen molar-refractivity contribution in [1.82, 2.24) is 5.32 Å². The van der Waals surface area contributed by atoms with Crippen LogP contribution in [-0.4, -0.2) is 33.6 Å². The van der Waals surface area contributed by atoms with E-state index in [0.29, 0.717) is 0 Å². The third-order valence-corrected chi connectivity index (χ3v) is 3.43. The van der Waals surface area contributed by atoms with Crippen LogP contribution in [0.3, 0.4) is 0 Å². The smallest absolute Gasteiger partial charge is 0.172 e. The van der Waals surface area contributed by atoms with Gasteiger partial charge in [-0.25, -0.2) is 0 Å². The van der Waals surface area contributed by atoms with E-state index in [1.54, 1.807) is 14.2 Å². The van der Waals surface area contributed by atoms with Crippen molar-refractivity contribution in [3.63, 3.8) is 0 Å². The standard InChI is InChI=1S/C15H25NO2/c1-10-7-11(2)13(12(3)8-10)9-14(16-4)15(17-5)18-6/h7-8,14-16H,9H2,1-6H3. The van der Waals surface area contributed by atoms with Gasteiger partial charge in [-0.05, 0) is 50.9 Å². The Hall–Kier alpha value is -0.900. The average Bonchev–Trinajstić information content (AvgIpc) is 2.32. The highest BCUT2D eigenvalue weighted by Gasteiger charge is 2.21. The zero-order valence-electron chi connectivity index (χ0n) is 12.3. The molecule has 0 radical (unpaired) electrons. The van der Waals surface area contributed by atoms with E-state index < -0.39 is 0 Å². The van der Waals surface area contributed by atoms with Crippen molar-refractivity contribution < 1.29 is 9.47 Å². The first-order chi connectivity index (χ1) is 8.53. The summed E-state index contributed by atoms with van der Waals surface area (Å²) in [5.74, 6) is 0. The van der Waals surface area contributed by atoms with Crippen LogP contribution in [0.25, 0.3) is 0 Å². The fraction of sp³-hybridized carbons (Fsp3) is 0.600. The molecule has 0 spiro atoms. The largest absolute Gasteiger partial charge is 0.354 e. The van der Waals surface area contributed by atoms with Gasteiger partial charge in [-0.1, -0.05) is 17.7 Å². The minimum atomic E-state index is -0.227. The van der Waals surface area contributed by atoms with Crippen molar-refractivity contribution in [3.8, 4) is 0 Å². The van der Waals surface area contributed by atoms with Gasteiger partial charge in [0.15, 0.2) is 6.29 Å². The maximum Gasteiger partial charge on any atom is 0.172 e. The van der Waals surface area contributed by atoms with Crippen molar-refractivity contribution in [1.29, 1.82) is 0 Å². The topological polar surface area (TPSA) is 30.5 Å². The highest BCUT2D eigenvalue weighted by atomic mass is 16.7. The van der Waals surface area contributed by atoms with E-state index in [2.05, 4.69) is 38.2 Å². The van der Waals surface area contributed by atoms with Gasteiger partial charge < -0.3 is 14.8 Å². The molecule has 0 aromatic heterocycles. The van der Waals surface area contributed by atoms with E-state index in [1.807, 2.05) is 7.05 Å². The maximum absolute atomic E-state index is 5.34. The van der Waals surface area contributed by atoms with E-state index in [-0.39, 0.29) is 12.3 Å². The Kier molecular flexibility index (Phi) is 5.79. The summed E-state index contributed by atoms with van der Waals surface area (Å²) in [5.41, 5.74) is 5.35. The van der Waals surface area contributed by atoms with Gasteiger partial charge in [-0.15, -0.1) is 0 Å². The molecule has 1 atom stereocenters. The molecule has 0 amide bonds. The molecule has 3 heteroatoms. The third kappa shape index (κ3) is 3.55. The van der Waals surface area contributed by atoms with Gasteiger partial charge in [-0.2, -0.15) is 0 Å². The van der Waals surface area contributed by atoms with Crippen LogP contribution in [-0.2, 0) is 15.9 Å². The number of hydrogen-bond donors (Lipinski definition) is 1. The van der Waals surface area contributed by atoms with Gasteiger partial charge in [0.05, 0.1) is 6.04 Å². The number of nitrogens with one attached hydrogen (secondary N) is 1. The minimum Gasteiger partial charge on any atom is -0.354 e. The molecule has 1 unspecified atom stereocenters. The molecule has 0 aliphatic rings. The van der Waals surface area contributed by atoms with Crippen LogP contribution in [0.1, 0.15) is 22.3 Å².